The van der Waals surface area contributed by atoms with Gasteiger partial charge in [0, 0.05) is 6.54 Å². The Kier molecular flexibility index (Phi) is 3.06. The molecule has 0 aromatic heterocycles. The molecule has 4 aliphatic carbocycles. The van der Waals surface area contributed by atoms with E-state index >= 15 is 0 Å². The van der Waals surface area contributed by atoms with Gasteiger partial charge in [0.25, 0.3) is 0 Å². The van der Waals surface area contributed by atoms with Crippen molar-refractivity contribution in [3.63, 3.8) is 0 Å². The zero-order valence-corrected chi connectivity index (χ0v) is 11.6. The summed E-state index contributed by atoms with van der Waals surface area (Å²) in [6.07, 6.45) is 8.12. The number of hydrogen-bond acceptors (Lipinski definition) is 3. The van der Waals surface area contributed by atoms with E-state index in [1.807, 2.05) is 0 Å². The molecule has 3 nitrogen and oxygen atoms in total. The smallest absolute Gasteiger partial charge is 0.310 e. The number of ether oxygens (including phenoxy) is 1. The second-order valence-corrected chi connectivity index (χ2v) is 7.41. The van der Waals surface area contributed by atoms with E-state index in [1.54, 1.807) is 0 Å². The van der Waals surface area contributed by atoms with Crippen molar-refractivity contribution in [2.24, 2.45) is 35.5 Å². The van der Waals surface area contributed by atoms with Crippen molar-refractivity contribution in [1.82, 2.24) is 5.32 Å². The molecule has 106 valence electrons. The number of carbonyl (C=O) groups is 1. The van der Waals surface area contributed by atoms with E-state index in [1.165, 1.54) is 32.1 Å². The van der Waals surface area contributed by atoms with E-state index in [4.69, 9.17) is 4.74 Å². The predicted octanol–water partition coefficient (Wildman–Crippen LogP) is 2.21. The molecule has 5 rings (SSSR count). The highest BCUT2D eigenvalue weighted by Crippen LogP contribution is 2.56. The summed E-state index contributed by atoms with van der Waals surface area (Å²) in [5.41, 5.74) is 0. The summed E-state index contributed by atoms with van der Waals surface area (Å²) in [6.45, 7) is 2.50. The van der Waals surface area contributed by atoms with Gasteiger partial charge in [0.1, 0.15) is 0 Å². The molecule has 19 heavy (non-hydrogen) atoms. The van der Waals surface area contributed by atoms with E-state index in [2.05, 4.69) is 5.32 Å². The van der Waals surface area contributed by atoms with E-state index in [9.17, 15) is 4.79 Å². The summed E-state index contributed by atoms with van der Waals surface area (Å²) in [4.78, 5) is 12.0. The molecule has 0 amide bonds. The van der Waals surface area contributed by atoms with Gasteiger partial charge in [-0.1, -0.05) is 0 Å². The third-order valence-electron chi connectivity index (χ3n) is 6.23. The minimum absolute atomic E-state index is 0.0545. The Morgan fingerprint density at radius 3 is 2.32 bits per heavy atom. The van der Waals surface area contributed by atoms with Gasteiger partial charge in [0.15, 0.2) is 0 Å². The maximum atomic E-state index is 12.0. The molecule has 5 aliphatic rings. The van der Waals surface area contributed by atoms with Gasteiger partial charge in [-0.25, -0.2) is 0 Å². The fourth-order valence-corrected chi connectivity index (χ4v) is 5.46. The summed E-state index contributed by atoms with van der Waals surface area (Å²) in [5, 5.41) is 3.24. The second-order valence-electron chi connectivity index (χ2n) is 7.41. The molecule has 1 aliphatic heterocycles. The van der Waals surface area contributed by atoms with Crippen LogP contribution in [0.1, 0.15) is 38.5 Å². The molecule has 4 saturated carbocycles. The molecular formula is C16H25NO2. The highest BCUT2D eigenvalue weighted by Gasteiger charge is 2.48. The van der Waals surface area contributed by atoms with Crippen molar-refractivity contribution < 1.29 is 9.53 Å². The molecule has 1 saturated heterocycles. The average Bonchev–Trinajstić information content (AvgIpc) is 2.90. The van der Waals surface area contributed by atoms with E-state index in [-0.39, 0.29) is 11.9 Å². The second kappa shape index (κ2) is 4.76. The number of nitrogens with one attached hydrogen (secondary N) is 1. The molecule has 1 N–H and O–H groups in total. The average molecular weight is 263 g/mol. The molecule has 0 aromatic carbocycles. The Hall–Kier alpha value is -0.570. The van der Waals surface area contributed by atoms with Crippen molar-refractivity contribution in [1.29, 1.82) is 0 Å². The largest absolute Gasteiger partial charge is 0.465 e. The number of hydrogen-bond donors (Lipinski definition) is 1. The molecule has 1 atom stereocenters. The monoisotopic (exact) mass is 263 g/mol. The van der Waals surface area contributed by atoms with Crippen LogP contribution >= 0.6 is 0 Å². The van der Waals surface area contributed by atoms with Crippen LogP contribution in [-0.2, 0) is 9.53 Å². The van der Waals surface area contributed by atoms with Crippen molar-refractivity contribution in [2.75, 3.05) is 19.7 Å². The highest BCUT2D eigenvalue weighted by atomic mass is 16.5. The van der Waals surface area contributed by atoms with Gasteiger partial charge in [-0.3, -0.25) is 4.79 Å². The Morgan fingerprint density at radius 2 is 1.74 bits per heavy atom. The molecule has 4 bridgehead atoms. The van der Waals surface area contributed by atoms with Crippen LogP contribution in [0, 0.1) is 35.5 Å². The number of carbonyl (C=O) groups excluding carboxylic acids is 1. The minimum Gasteiger partial charge on any atom is -0.465 e. The zero-order valence-electron chi connectivity index (χ0n) is 11.6. The first-order valence-electron chi connectivity index (χ1n) is 8.17. The maximum Gasteiger partial charge on any atom is 0.310 e. The van der Waals surface area contributed by atoms with Crippen molar-refractivity contribution >= 4 is 5.97 Å². The molecular weight excluding hydrogens is 238 g/mol. The van der Waals surface area contributed by atoms with Crippen LogP contribution < -0.4 is 5.32 Å². The molecule has 0 aromatic rings. The van der Waals surface area contributed by atoms with Crippen molar-refractivity contribution in [2.45, 2.75) is 38.5 Å². The van der Waals surface area contributed by atoms with Crippen LogP contribution in [0.5, 0.6) is 0 Å². The van der Waals surface area contributed by atoms with Crippen LogP contribution in [0.25, 0.3) is 0 Å². The Morgan fingerprint density at radius 1 is 1.05 bits per heavy atom. The molecule has 3 heteroatoms. The SMILES string of the molecule is O=C(OCC1C2CC3CC(C2)CC1C3)C1CCNC1. The number of rotatable bonds is 3. The summed E-state index contributed by atoms with van der Waals surface area (Å²) < 4.78 is 5.67. The third-order valence-corrected chi connectivity index (χ3v) is 6.23. The first kappa shape index (κ1) is 12.2. The van der Waals surface area contributed by atoms with Crippen LogP contribution in [-0.4, -0.2) is 25.7 Å². The van der Waals surface area contributed by atoms with Crippen molar-refractivity contribution in [3.8, 4) is 0 Å². The number of esters is 1. The van der Waals surface area contributed by atoms with E-state index in [0.717, 1.165) is 43.2 Å². The summed E-state index contributed by atoms with van der Waals surface area (Å²) in [5.74, 6) is 4.61. The highest BCUT2D eigenvalue weighted by molar-refractivity contribution is 5.73. The fraction of sp³-hybridized carbons (Fsp3) is 0.938. The maximum absolute atomic E-state index is 12.0. The quantitative estimate of drug-likeness (QED) is 0.793. The summed E-state index contributed by atoms with van der Waals surface area (Å²) in [7, 11) is 0. The van der Waals surface area contributed by atoms with Gasteiger partial charge in [0.2, 0.25) is 0 Å². The molecule has 1 heterocycles. The Labute approximate surface area is 115 Å². The van der Waals surface area contributed by atoms with E-state index in [0.29, 0.717) is 12.5 Å². The lowest BCUT2D eigenvalue weighted by Crippen LogP contribution is -2.47. The van der Waals surface area contributed by atoms with Gasteiger partial charge in [-0.2, -0.15) is 0 Å². The fourth-order valence-electron chi connectivity index (χ4n) is 5.46. The molecule has 1 unspecified atom stereocenters. The van der Waals surface area contributed by atoms with Gasteiger partial charge in [-0.15, -0.1) is 0 Å². The van der Waals surface area contributed by atoms with Crippen LogP contribution in [0.4, 0.5) is 0 Å². The predicted molar refractivity (Wildman–Crippen MR) is 72.5 cm³/mol. The first-order valence-corrected chi connectivity index (χ1v) is 8.17. The summed E-state index contributed by atoms with van der Waals surface area (Å²) in [6, 6.07) is 0. The topological polar surface area (TPSA) is 38.3 Å². The van der Waals surface area contributed by atoms with Crippen molar-refractivity contribution in [3.05, 3.63) is 0 Å². The lowest BCUT2D eigenvalue weighted by atomic mass is 9.52. The van der Waals surface area contributed by atoms with Gasteiger partial charge in [-0.05, 0) is 74.7 Å². The molecule has 0 spiro atoms. The van der Waals surface area contributed by atoms with Crippen LogP contribution in [0.15, 0.2) is 0 Å². The Balaban J connectivity index is 1.34. The lowest BCUT2D eigenvalue weighted by Gasteiger charge is -2.54. The van der Waals surface area contributed by atoms with Gasteiger partial charge >= 0.3 is 5.97 Å². The summed E-state index contributed by atoms with van der Waals surface area (Å²) >= 11 is 0. The lowest BCUT2D eigenvalue weighted by molar-refractivity contribution is -0.154. The zero-order chi connectivity index (χ0) is 12.8. The third kappa shape index (κ3) is 2.20. The standard InChI is InChI=1S/C16H25NO2/c18-16(12-1-2-17-8-12)19-9-15-13-4-10-3-11(6-13)7-14(15)5-10/h10-15,17H,1-9H2. The normalized spacial score (nSPS) is 47.6. The first-order chi connectivity index (χ1) is 9.29. The van der Waals surface area contributed by atoms with E-state index < -0.39 is 0 Å². The van der Waals surface area contributed by atoms with Crippen LogP contribution in [0.2, 0.25) is 0 Å². The molecule has 0 radical (unpaired) electrons. The minimum atomic E-state index is 0.0545. The van der Waals surface area contributed by atoms with Gasteiger partial charge in [0.05, 0.1) is 12.5 Å². The molecule has 5 fully saturated rings. The van der Waals surface area contributed by atoms with Gasteiger partial charge < -0.3 is 10.1 Å². The van der Waals surface area contributed by atoms with Crippen LogP contribution in [0.3, 0.4) is 0 Å². The Bertz CT molecular complexity index is 334.